The van der Waals surface area contributed by atoms with E-state index in [2.05, 4.69) is 91.0 Å². The van der Waals surface area contributed by atoms with Gasteiger partial charge in [0.25, 0.3) is 0 Å². The van der Waals surface area contributed by atoms with E-state index >= 15 is 0 Å². The molecule has 0 amide bonds. The molecular formula is C24H18Cl2GaP-2. The second-order valence-corrected chi connectivity index (χ2v) is 8.69. The van der Waals surface area contributed by atoms with E-state index in [1.807, 2.05) is 0 Å². The summed E-state index contributed by atoms with van der Waals surface area (Å²) < 4.78 is 0. The zero-order valence-electron chi connectivity index (χ0n) is 15.3. The molecule has 0 aliphatic heterocycles. The van der Waals surface area contributed by atoms with Crippen LogP contribution in [0.5, 0.6) is 0 Å². The van der Waals surface area contributed by atoms with Gasteiger partial charge in [-0.3, -0.25) is 0 Å². The minimum Gasteiger partial charge on any atom is -1.00 e. The second kappa shape index (κ2) is 10.0. The van der Waals surface area contributed by atoms with Crippen molar-refractivity contribution in [2.45, 2.75) is 12.8 Å². The third kappa shape index (κ3) is 4.06. The van der Waals surface area contributed by atoms with E-state index in [4.69, 9.17) is 0 Å². The van der Waals surface area contributed by atoms with Crippen LogP contribution in [0.25, 0.3) is 10.8 Å². The number of rotatable bonds is 3. The van der Waals surface area contributed by atoms with Crippen molar-refractivity contribution < 1.29 is 24.8 Å². The van der Waals surface area contributed by atoms with Crippen LogP contribution in [0.2, 0.25) is 0 Å². The second-order valence-electron chi connectivity index (χ2n) is 6.50. The first kappa shape index (κ1) is 23.1. The quantitative estimate of drug-likeness (QED) is 0.239. The van der Waals surface area contributed by atoms with Gasteiger partial charge in [-0.25, -0.2) is 0 Å². The van der Waals surface area contributed by atoms with Crippen LogP contribution in [0, 0.1) is 6.07 Å². The molecule has 28 heavy (non-hydrogen) atoms. The van der Waals surface area contributed by atoms with Gasteiger partial charge in [0.15, 0.2) is 0 Å². The van der Waals surface area contributed by atoms with E-state index in [0.717, 1.165) is 0 Å². The Morgan fingerprint density at radius 2 is 1.18 bits per heavy atom. The fourth-order valence-corrected chi connectivity index (χ4v) is 6.33. The van der Waals surface area contributed by atoms with Crippen molar-refractivity contribution in [1.82, 2.24) is 0 Å². The normalized spacial score (nSPS) is 11.5. The van der Waals surface area contributed by atoms with Crippen molar-refractivity contribution >= 4 is 54.4 Å². The summed E-state index contributed by atoms with van der Waals surface area (Å²) >= 11 is 0. The van der Waals surface area contributed by atoms with Crippen LogP contribution >= 0.6 is 7.92 Å². The molecule has 4 aromatic rings. The van der Waals surface area contributed by atoms with Crippen LogP contribution in [0.3, 0.4) is 0 Å². The average molecular weight is 478 g/mol. The Morgan fingerprint density at radius 1 is 0.643 bits per heavy atom. The fraction of sp³-hybridized carbons (Fsp3) is 0.0833. The van der Waals surface area contributed by atoms with Gasteiger partial charge in [-0.05, 0) is 64.6 Å². The van der Waals surface area contributed by atoms with E-state index in [9.17, 15) is 0 Å². The molecule has 5 rings (SSSR count). The number of hydrogen-bond donors (Lipinski definition) is 0. The van der Waals surface area contributed by atoms with Crippen LogP contribution < -0.4 is 40.7 Å². The molecule has 0 saturated carbocycles. The minimum atomic E-state index is -0.574. The molecular weight excluding hydrogens is 460 g/mol. The fourth-order valence-electron chi connectivity index (χ4n) is 3.91. The Balaban J connectivity index is 0.000000934. The molecule has 0 bridgehead atoms. The number of aryl methyl sites for hydroxylation is 2. The van der Waals surface area contributed by atoms with E-state index < -0.39 is 7.92 Å². The predicted molar refractivity (Wildman–Crippen MR) is 115 cm³/mol. The molecule has 138 valence electrons. The van der Waals surface area contributed by atoms with Gasteiger partial charge >= 0.3 is 0 Å². The Morgan fingerprint density at radius 3 is 1.75 bits per heavy atom. The van der Waals surface area contributed by atoms with E-state index in [0.29, 0.717) is 0 Å². The van der Waals surface area contributed by atoms with E-state index in [-0.39, 0.29) is 44.6 Å². The third-order valence-electron chi connectivity index (χ3n) is 5.04. The van der Waals surface area contributed by atoms with Crippen molar-refractivity contribution in [3.05, 3.63) is 102 Å². The molecule has 0 fully saturated rings. The number of benzene rings is 4. The molecule has 0 spiro atoms. The first-order valence-electron chi connectivity index (χ1n) is 8.77. The monoisotopic (exact) mass is 476 g/mol. The van der Waals surface area contributed by atoms with Crippen LogP contribution in [-0.2, 0) is 12.8 Å². The first-order chi connectivity index (χ1) is 12.4. The summed E-state index contributed by atoms with van der Waals surface area (Å²) in [7, 11) is -0.574. The van der Waals surface area contributed by atoms with Crippen LogP contribution in [0.4, 0.5) is 0 Å². The zero-order valence-corrected chi connectivity index (χ0v) is 20.1. The summed E-state index contributed by atoms with van der Waals surface area (Å²) in [5.41, 5.74) is 2.98. The van der Waals surface area contributed by atoms with Gasteiger partial charge in [0.05, 0.1) is 0 Å². The summed E-state index contributed by atoms with van der Waals surface area (Å²) in [4.78, 5) is 0. The maximum Gasteiger partial charge on any atom is 0 e. The van der Waals surface area contributed by atoms with E-state index in [1.165, 1.54) is 50.7 Å². The molecule has 4 heteroatoms. The molecule has 1 aliphatic carbocycles. The maximum absolute atomic E-state index is 3.58. The van der Waals surface area contributed by atoms with Crippen molar-refractivity contribution in [2.75, 3.05) is 0 Å². The van der Waals surface area contributed by atoms with Gasteiger partial charge in [0.2, 0.25) is 0 Å². The summed E-state index contributed by atoms with van der Waals surface area (Å²) in [6, 6.07) is 34.5. The molecule has 0 saturated heterocycles. The predicted octanol–water partition coefficient (Wildman–Crippen LogP) is -1.88. The Bertz CT molecular complexity index is 1000. The number of hydrogen-bond acceptors (Lipinski definition) is 0. The summed E-state index contributed by atoms with van der Waals surface area (Å²) in [5, 5.41) is 7.01. The Hall–Kier alpha value is -1.21. The molecule has 0 unspecified atom stereocenters. The van der Waals surface area contributed by atoms with Crippen molar-refractivity contribution in [1.29, 1.82) is 0 Å². The SMILES string of the molecule is [Cl-].[Cl-].[Ga].[c]1ccc2c3c(ccc(P(c4ccccc4)c4ccccc4)c13)CC2. The van der Waals surface area contributed by atoms with Crippen LogP contribution in [-0.4, -0.2) is 19.8 Å². The summed E-state index contributed by atoms with van der Waals surface area (Å²) in [6.45, 7) is 0. The average Bonchev–Trinajstić information content (AvgIpc) is 3.11. The van der Waals surface area contributed by atoms with Gasteiger partial charge in [0, 0.05) is 19.8 Å². The minimum absolute atomic E-state index is 0. The molecule has 0 aromatic heterocycles. The van der Waals surface area contributed by atoms with Gasteiger partial charge < -0.3 is 24.8 Å². The molecule has 0 heterocycles. The first-order valence-corrected chi connectivity index (χ1v) is 10.1. The van der Waals surface area contributed by atoms with Crippen LogP contribution in [0.15, 0.2) is 84.9 Å². The zero-order chi connectivity index (χ0) is 16.6. The molecule has 1 aliphatic rings. The molecule has 0 nitrogen and oxygen atoms in total. The van der Waals surface area contributed by atoms with Gasteiger partial charge in [-0.2, -0.15) is 0 Å². The van der Waals surface area contributed by atoms with E-state index in [1.54, 1.807) is 0 Å². The molecule has 0 atom stereocenters. The summed E-state index contributed by atoms with van der Waals surface area (Å²) in [6.07, 6.45) is 2.33. The van der Waals surface area contributed by atoms with Gasteiger partial charge in [-0.1, -0.05) is 84.9 Å². The topological polar surface area (TPSA) is 0 Å². The number of halogens is 2. The molecule has 4 aromatic carbocycles. The Kier molecular flexibility index (Phi) is 8.25. The maximum atomic E-state index is 3.58. The molecule has 4 radical (unpaired) electrons. The van der Waals surface area contributed by atoms with Crippen LogP contribution in [0.1, 0.15) is 11.1 Å². The molecule has 0 N–H and O–H groups in total. The van der Waals surface area contributed by atoms with Gasteiger partial charge in [0.1, 0.15) is 0 Å². The van der Waals surface area contributed by atoms with Crippen molar-refractivity contribution in [3.63, 3.8) is 0 Å². The largest absolute Gasteiger partial charge is 1.00 e. The smallest absolute Gasteiger partial charge is 0 e. The standard InChI is InChI=1S/C24H18P.2ClH.Ga/c1-3-9-20(10-4-1)25(21-11-5-2-6-12-21)23-17-16-19-15-14-18-8-7-13-22(23)24(18)19;;;/h1-12,16-17H,14-15H2;2*1H;/p-2. The Labute approximate surface area is 193 Å². The van der Waals surface area contributed by atoms with Crippen molar-refractivity contribution in [3.8, 4) is 0 Å². The van der Waals surface area contributed by atoms with Gasteiger partial charge in [-0.15, -0.1) is 0 Å². The summed E-state index contributed by atoms with van der Waals surface area (Å²) in [5.74, 6) is 0. The third-order valence-corrected chi connectivity index (χ3v) is 7.52. The van der Waals surface area contributed by atoms with Crippen molar-refractivity contribution in [2.24, 2.45) is 0 Å².